The number of rotatable bonds is 2. The molecule has 1 saturated heterocycles. The van der Waals surface area contributed by atoms with Gasteiger partial charge in [-0.3, -0.25) is 9.59 Å². The van der Waals surface area contributed by atoms with Gasteiger partial charge in [0.15, 0.2) is 0 Å². The van der Waals surface area contributed by atoms with Gasteiger partial charge in [-0.15, -0.1) is 0 Å². The quantitative estimate of drug-likeness (QED) is 0.905. The molecule has 23 heavy (non-hydrogen) atoms. The van der Waals surface area contributed by atoms with Crippen LogP contribution in [0, 0.1) is 0 Å². The molecular weight excluding hydrogens is 290 g/mol. The average molecular weight is 313 g/mol. The van der Waals surface area contributed by atoms with E-state index in [1.54, 1.807) is 18.0 Å². The number of nitrogens with zero attached hydrogens (tertiary/aromatic N) is 2. The van der Waals surface area contributed by atoms with E-state index in [4.69, 9.17) is 0 Å². The summed E-state index contributed by atoms with van der Waals surface area (Å²) in [5, 5.41) is 3.30. The number of fused-ring (bicyclic) bond motifs is 1. The molecular formula is C18H23N3O2. The Labute approximate surface area is 137 Å². The molecule has 5 nitrogen and oxygen atoms in total. The van der Waals surface area contributed by atoms with Crippen LogP contribution in [0.4, 0.5) is 0 Å². The van der Waals surface area contributed by atoms with Crippen molar-refractivity contribution in [3.63, 3.8) is 0 Å². The van der Waals surface area contributed by atoms with Crippen LogP contribution in [0.2, 0.25) is 0 Å². The van der Waals surface area contributed by atoms with E-state index in [1.807, 2.05) is 35.2 Å². The molecule has 1 N–H and O–H groups in total. The Balaban J connectivity index is 1.84. The maximum atomic E-state index is 12.8. The minimum atomic E-state index is -0.219. The first-order valence-corrected chi connectivity index (χ1v) is 8.14. The summed E-state index contributed by atoms with van der Waals surface area (Å²) in [6.07, 6.45) is 4.06. The lowest BCUT2D eigenvalue weighted by Crippen LogP contribution is -2.52. The molecule has 0 saturated carbocycles. The second-order valence-corrected chi connectivity index (χ2v) is 6.23. The summed E-state index contributed by atoms with van der Waals surface area (Å²) in [5.41, 5.74) is 2.12. The predicted octanol–water partition coefficient (Wildman–Crippen LogP) is 1.77. The van der Waals surface area contributed by atoms with E-state index in [0.29, 0.717) is 6.42 Å². The van der Waals surface area contributed by atoms with E-state index in [1.165, 1.54) is 0 Å². The Hall–Kier alpha value is -2.14. The fourth-order valence-electron chi connectivity index (χ4n) is 3.41. The van der Waals surface area contributed by atoms with Gasteiger partial charge in [-0.1, -0.05) is 24.3 Å². The summed E-state index contributed by atoms with van der Waals surface area (Å²) in [7, 11) is 0. The highest BCUT2D eigenvalue weighted by Crippen LogP contribution is 2.33. The van der Waals surface area contributed by atoms with Crippen LogP contribution in [0.1, 0.15) is 37.4 Å². The number of piperazine rings is 1. The number of carbonyl (C=O) groups is 2. The molecule has 5 heteroatoms. The molecule has 0 radical (unpaired) electrons. The Morgan fingerprint density at radius 3 is 2.83 bits per heavy atom. The molecule has 2 aliphatic heterocycles. The maximum absolute atomic E-state index is 12.8. The molecule has 0 spiro atoms. The SMILES string of the molecule is CC(=O)N1C=Cc2ccccc2C1CC(=O)N1CCNCC1C. The summed E-state index contributed by atoms with van der Waals surface area (Å²) < 4.78 is 0. The maximum Gasteiger partial charge on any atom is 0.225 e. The third kappa shape index (κ3) is 3.15. The molecule has 1 aromatic rings. The summed E-state index contributed by atoms with van der Waals surface area (Å²) in [6, 6.07) is 7.94. The molecule has 2 atom stereocenters. The molecule has 1 fully saturated rings. The van der Waals surface area contributed by atoms with Crippen LogP contribution in [0.3, 0.4) is 0 Å². The minimum absolute atomic E-state index is 0.0399. The standard InChI is InChI=1S/C18H23N3O2/c1-13-12-19-8-10-20(13)18(23)11-17-16-6-4-3-5-15(16)7-9-21(17)14(2)22/h3-7,9,13,17,19H,8,10-12H2,1-2H3. The molecule has 0 bridgehead atoms. The smallest absolute Gasteiger partial charge is 0.225 e. The first kappa shape index (κ1) is 15.7. The Kier molecular flexibility index (Phi) is 4.48. The molecule has 2 amide bonds. The zero-order valence-electron chi connectivity index (χ0n) is 13.7. The number of benzene rings is 1. The Morgan fingerprint density at radius 2 is 2.09 bits per heavy atom. The van der Waals surface area contributed by atoms with Gasteiger partial charge < -0.3 is 15.1 Å². The van der Waals surface area contributed by atoms with E-state index in [2.05, 4.69) is 12.2 Å². The fourth-order valence-corrected chi connectivity index (χ4v) is 3.41. The van der Waals surface area contributed by atoms with Crippen molar-refractivity contribution < 1.29 is 9.59 Å². The summed E-state index contributed by atoms with van der Waals surface area (Å²) in [5.74, 6) is 0.0715. The van der Waals surface area contributed by atoms with E-state index >= 15 is 0 Å². The van der Waals surface area contributed by atoms with Gasteiger partial charge in [0.2, 0.25) is 11.8 Å². The van der Waals surface area contributed by atoms with Crippen molar-refractivity contribution in [3.8, 4) is 0 Å². The largest absolute Gasteiger partial charge is 0.337 e. The zero-order chi connectivity index (χ0) is 16.4. The molecule has 0 aromatic heterocycles. The van der Waals surface area contributed by atoms with Crippen molar-refractivity contribution in [3.05, 3.63) is 41.6 Å². The lowest BCUT2D eigenvalue weighted by atomic mass is 9.93. The molecule has 1 aromatic carbocycles. The van der Waals surface area contributed by atoms with Crippen LogP contribution in [-0.4, -0.2) is 47.3 Å². The van der Waals surface area contributed by atoms with Gasteiger partial charge in [0.25, 0.3) is 0 Å². The molecule has 2 heterocycles. The van der Waals surface area contributed by atoms with Crippen molar-refractivity contribution in [2.24, 2.45) is 0 Å². The van der Waals surface area contributed by atoms with Gasteiger partial charge in [-0.05, 0) is 24.1 Å². The molecule has 3 rings (SSSR count). The number of amides is 2. The monoisotopic (exact) mass is 313 g/mol. The highest BCUT2D eigenvalue weighted by molar-refractivity contribution is 5.82. The topological polar surface area (TPSA) is 52.7 Å². The van der Waals surface area contributed by atoms with Gasteiger partial charge >= 0.3 is 0 Å². The van der Waals surface area contributed by atoms with Gasteiger partial charge in [0.1, 0.15) is 0 Å². The Morgan fingerprint density at radius 1 is 1.30 bits per heavy atom. The summed E-state index contributed by atoms with van der Waals surface area (Å²) in [4.78, 5) is 28.4. The van der Waals surface area contributed by atoms with Crippen molar-refractivity contribution in [1.29, 1.82) is 0 Å². The number of nitrogens with one attached hydrogen (secondary N) is 1. The first-order valence-electron chi connectivity index (χ1n) is 8.14. The van der Waals surface area contributed by atoms with Gasteiger partial charge in [-0.25, -0.2) is 0 Å². The van der Waals surface area contributed by atoms with Crippen molar-refractivity contribution in [2.75, 3.05) is 19.6 Å². The highest BCUT2D eigenvalue weighted by atomic mass is 16.2. The van der Waals surface area contributed by atoms with Crippen LogP contribution in [-0.2, 0) is 9.59 Å². The molecule has 2 unspecified atom stereocenters. The van der Waals surface area contributed by atoms with Gasteiger partial charge in [-0.2, -0.15) is 0 Å². The first-order chi connectivity index (χ1) is 11.1. The van der Waals surface area contributed by atoms with Crippen LogP contribution < -0.4 is 5.32 Å². The minimum Gasteiger partial charge on any atom is -0.337 e. The summed E-state index contributed by atoms with van der Waals surface area (Å²) >= 11 is 0. The average Bonchev–Trinajstić information content (AvgIpc) is 2.55. The number of hydrogen-bond donors (Lipinski definition) is 1. The summed E-state index contributed by atoms with van der Waals surface area (Å²) in [6.45, 7) is 5.98. The third-order valence-corrected chi connectivity index (χ3v) is 4.66. The van der Waals surface area contributed by atoms with E-state index < -0.39 is 0 Å². The zero-order valence-corrected chi connectivity index (χ0v) is 13.7. The van der Waals surface area contributed by atoms with E-state index in [-0.39, 0.29) is 23.9 Å². The lowest BCUT2D eigenvalue weighted by Gasteiger charge is -2.37. The molecule has 2 aliphatic rings. The second kappa shape index (κ2) is 6.54. The van der Waals surface area contributed by atoms with E-state index in [0.717, 1.165) is 30.8 Å². The van der Waals surface area contributed by atoms with Crippen LogP contribution in [0.5, 0.6) is 0 Å². The lowest BCUT2D eigenvalue weighted by molar-refractivity contribution is -0.136. The fraction of sp³-hybridized carbons (Fsp3) is 0.444. The Bertz CT molecular complexity index is 641. The van der Waals surface area contributed by atoms with Crippen molar-refractivity contribution in [2.45, 2.75) is 32.4 Å². The third-order valence-electron chi connectivity index (χ3n) is 4.66. The van der Waals surface area contributed by atoms with Crippen molar-refractivity contribution >= 4 is 17.9 Å². The van der Waals surface area contributed by atoms with Crippen LogP contribution in [0.15, 0.2) is 30.5 Å². The van der Waals surface area contributed by atoms with Gasteiger partial charge in [0, 0.05) is 38.8 Å². The number of hydrogen-bond acceptors (Lipinski definition) is 3. The number of carbonyl (C=O) groups excluding carboxylic acids is 2. The van der Waals surface area contributed by atoms with Gasteiger partial charge in [0.05, 0.1) is 12.5 Å². The highest BCUT2D eigenvalue weighted by Gasteiger charge is 2.31. The molecule has 122 valence electrons. The predicted molar refractivity (Wildman–Crippen MR) is 89.4 cm³/mol. The van der Waals surface area contributed by atoms with Crippen molar-refractivity contribution in [1.82, 2.24) is 15.1 Å². The van der Waals surface area contributed by atoms with Crippen LogP contribution in [0.25, 0.3) is 6.08 Å². The second-order valence-electron chi connectivity index (χ2n) is 6.23. The van der Waals surface area contributed by atoms with E-state index in [9.17, 15) is 9.59 Å². The molecule has 0 aliphatic carbocycles. The van der Waals surface area contributed by atoms with Crippen LogP contribution >= 0.6 is 0 Å². The normalized spacial score (nSPS) is 23.6.